The molecule has 5 nitrogen and oxygen atoms in total. The van der Waals surface area contributed by atoms with Crippen LogP contribution < -0.4 is 0 Å². The van der Waals surface area contributed by atoms with Crippen LogP contribution in [-0.2, 0) is 0 Å². The Hall–Kier alpha value is -2.69. The molecule has 5 heteroatoms. The summed E-state index contributed by atoms with van der Waals surface area (Å²) in [6, 6.07) is 9.26. The molecule has 0 N–H and O–H groups in total. The largest absolute Gasteiger partial charge is 0.458 e. The first-order valence-electron chi connectivity index (χ1n) is 5.59. The van der Waals surface area contributed by atoms with Crippen LogP contribution in [0.25, 0.3) is 6.08 Å². The Morgan fingerprint density at radius 3 is 2.42 bits per heavy atom. The zero-order valence-corrected chi connectivity index (χ0v) is 10.2. The molecule has 19 heavy (non-hydrogen) atoms. The molecular formula is C14H11NO4. The van der Waals surface area contributed by atoms with Crippen molar-refractivity contribution in [3.63, 3.8) is 0 Å². The standard InChI is InChI=1S/C14H11NO4/c1-10-2-9-14(19-10)13(16)8-5-11-3-6-12(7-4-11)15(17)18/h2-9H,1H3/b8-5+. The number of furan rings is 1. The van der Waals surface area contributed by atoms with E-state index in [4.69, 9.17) is 4.42 Å². The molecule has 0 unspecified atom stereocenters. The van der Waals surface area contributed by atoms with Gasteiger partial charge in [0, 0.05) is 12.1 Å². The Balaban J connectivity index is 2.10. The number of hydrogen-bond acceptors (Lipinski definition) is 4. The summed E-state index contributed by atoms with van der Waals surface area (Å²) in [5.41, 5.74) is 0.729. The number of benzene rings is 1. The quantitative estimate of drug-likeness (QED) is 0.364. The molecule has 1 aromatic heterocycles. The van der Waals surface area contributed by atoms with Crippen molar-refractivity contribution in [1.29, 1.82) is 0 Å². The third-order valence-corrected chi connectivity index (χ3v) is 2.51. The summed E-state index contributed by atoms with van der Waals surface area (Å²) in [6.45, 7) is 1.76. The van der Waals surface area contributed by atoms with E-state index in [1.807, 2.05) is 0 Å². The lowest BCUT2D eigenvalue weighted by molar-refractivity contribution is -0.384. The number of nitrogens with zero attached hydrogens (tertiary/aromatic N) is 1. The maximum Gasteiger partial charge on any atom is 0.269 e. The normalized spacial score (nSPS) is 10.8. The molecule has 0 amide bonds. The number of non-ortho nitro benzene ring substituents is 1. The van der Waals surface area contributed by atoms with Crippen molar-refractivity contribution in [3.05, 3.63) is 69.7 Å². The molecule has 2 aromatic rings. The van der Waals surface area contributed by atoms with Gasteiger partial charge in [0.15, 0.2) is 5.76 Å². The summed E-state index contributed by atoms with van der Waals surface area (Å²) in [6.07, 6.45) is 2.96. The van der Waals surface area contributed by atoms with Crippen LogP contribution >= 0.6 is 0 Å². The number of carbonyl (C=O) groups is 1. The van der Waals surface area contributed by atoms with Crippen LogP contribution in [0.3, 0.4) is 0 Å². The average Bonchev–Trinajstić information content (AvgIpc) is 2.83. The molecule has 0 bridgehead atoms. The summed E-state index contributed by atoms with van der Waals surface area (Å²) < 4.78 is 5.19. The van der Waals surface area contributed by atoms with E-state index >= 15 is 0 Å². The predicted octanol–water partition coefficient (Wildman–Crippen LogP) is 3.39. The molecule has 0 fully saturated rings. The Kier molecular flexibility index (Phi) is 3.56. The van der Waals surface area contributed by atoms with Crippen LogP contribution in [0.5, 0.6) is 0 Å². The number of ketones is 1. The van der Waals surface area contributed by atoms with Crippen molar-refractivity contribution < 1.29 is 14.1 Å². The Morgan fingerprint density at radius 2 is 1.89 bits per heavy atom. The number of nitro groups is 1. The van der Waals surface area contributed by atoms with Crippen molar-refractivity contribution in [3.8, 4) is 0 Å². The van der Waals surface area contributed by atoms with Crippen LogP contribution in [0.1, 0.15) is 21.9 Å². The molecule has 0 atom stereocenters. The first-order chi connectivity index (χ1) is 9.06. The second kappa shape index (κ2) is 5.30. The van der Waals surface area contributed by atoms with Gasteiger partial charge in [-0.05, 0) is 42.8 Å². The van der Waals surface area contributed by atoms with Gasteiger partial charge in [-0.25, -0.2) is 0 Å². The van der Waals surface area contributed by atoms with Gasteiger partial charge in [0.1, 0.15) is 5.76 Å². The maximum atomic E-state index is 11.7. The van der Waals surface area contributed by atoms with Crippen molar-refractivity contribution in [1.82, 2.24) is 0 Å². The molecule has 0 aliphatic heterocycles. The lowest BCUT2D eigenvalue weighted by atomic mass is 10.1. The van der Waals surface area contributed by atoms with E-state index in [1.54, 1.807) is 37.3 Å². The summed E-state index contributed by atoms with van der Waals surface area (Å²) in [4.78, 5) is 21.7. The van der Waals surface area contributed by atoms with Crippen LogP contribution in [0.4, 0.5) is 5.69 Å². The fraction of sp³-hybridized carbons (Fsp3) is 0.0714. The lowest BCUT2D eigenvalue weighted by Gasteiger charge is -1.93. The first-order valence-corrected chi connectivity index (χ1v) is 5.59. The molecular weight excluding hydrogens is 246 g/mol. The predicted molar refractivity (Wildman–Crippen MR) is 69.9 cm³/mol. The van der Waals surface area contributed by atoms with Crippen molar-refractivity contribution >= 4 is 17.5 Å². The zero-order chi connectivity index (χ0) is 13.8. The van der Waals surface area contributed by atoms with Crippen molar-refractivity contribution in [2.45, 2.75) is 6.92 Å². The minimum Gasteiger partial charge on any atom is -0.458 e. The fourth-order valence-electron chi connectivity index (χ4n) is 1.53. The number of aryl methyl sites for hydroxylation is 1. The van der Waals surface area contributed by atoms with Gasteiger partial charge in [0.2, 0.25) is 5.78 Å². The highest BCUT2D eigenvalue weighted by atomic mass is 16.6. The number of rotatable bonds is 4. The molecule has 0 aliphatic rings. The van der Waals surface area contributed by atoms with Gasteiger partial charge >= 0.3 is 0 Å². The third-order valence-electron chi connectivity index (χ3n) is 2.51. The molecule has 1 aromatic carbocycles. The molecule has 0 spiro atoms. The van der Waals surface area contributed by atoms with Crippen LogP contribution in [0.2, 0.25) is 0 Å². The number of nitro benzene ring substituents is 1. The fourth-order valence-corrected chi connectivity index (χ4v) is 1.53. The Bertz CT molecular complexity index is 638. The number of hydrogen-bond donors (Lipinski definition) is 0. The van der Waals surface area contributed by atoms with Gasteiger partial charge in [-0.15, -0.1) is 0 Å². The smallest absolute Gasteiger partial charge is 0.269 e. The molecule has 96 valence electrons. The third kappa shape index (κ3) is 3.16. The van der Waals surface area contributed by atoms with E-state index in [-0.39, 0.29) is 17.2 Å². The lowest BCUT2D eigenvalue weighted by Crippen LogP contribution is -1.90. The van der Waals surface area contributed by atoms with E-state index in [2.05, 4.69) is 0 Å². The number of carbonyl (C=O) groups excluding carboxylic acids is 1. The van der Waals surface area contributed by atoms with Gasteiger partial charge in [0.25, 0.3) is 5.69 Å². The summed E-state index contributed by atoms with van der Waals surface area (Å²) in [5.74, 6) is 0.703. The van der Waals surface area contributed by atoms with E-state index in [0.717, 1.165) is 0 Å². The van der Waals surface area contributed by atoms with Gasteiger partial charge in [-0.2, -0.15) is 0 Å². The van der Waals surface area contributed by atoms with Crippen LogP contribution in [-0.4, -0.2) is 10.7 Å². The zero-order valence-electron chi connectivity index (χ0n) is 10.2. The highest BCUT2D eigenvalue weighted by Gasteiger charge is 2.06. The minimum absolute atomic E-state index is 0.0186. The minimum atomic E-state index is -0.468. The molecule has 1 heterocycles. The summed E-state index contributed by atoms with van der Waals surface area (Å²) in [5, 5.41) is 10.5. The SMILES string of the molecule is Cc1ccc(C(=O)/C=C/c2ccc([N+](=O)[O-])cc2)o1. The van der Waals surface area contributed by atoms with Gasteiger partial charge in [-0.3, -0.25) is 14.9 Å². The molecule has 0 saturated heterocycles. The van der Waals surface area contributed by atoms with Crippen molar-refractivity contribution in [2.75, 3.05) is 0 Å². The van der Waals surface area contributed by atoms with Crippen molar-refractivity contribution in [2.24, 2.45) is 0 Å². The number of allylic oxidation sites excluding steroid dienone is 1. The second-order valence-corrected chi connectivity index (χ2v) is 3.96. The first kappa shape index (κ1) is 12.8. The van der Waals surface area contributed by atoms with Gasteiger partial charge in [0.05, 0.1) is 4.92 Å². The second-order valence-electron chi connectivity index (χ2n) is 3.96. The summed E-state index contributed by atoms with van der Waals surface area (Å²) in [7, 11) is 0. The highest BCUT2D eigenvalue weighted by molar-refractivity contribution is 6.04. The molecule has 2 rings (SSSR count). The van der Waals surface area contributed by atoms with E-state index in [1.165, 1.54) is 18.2 Å². The van der Waals surface area contributed by atoms with Crippen LogP contribution in [0.15, 0.2) is 46.9 Å². The highest BCUT2D eigenvalue weighted by Crippen LogP contribution is 2.14. The molecule has 0 saturated carbocycles. The maximum absolute atomic E-state index is 11.7. The van der Waals surface area contributed by atoms with E-state index in [9.17, 15) is 14.9 Å². The van der Waals surface area contributed by atoms with E-state index in [0.29, 0.717) is 11.3 Å². The molecule has 0 radical (unpaired) electrons. The Labute approximate surface area is 109 Å². The van der Waals surface area contributed by atoms with E-state index < -0.39 is 4.92 Å². The van der Waals surface area contributed by atoms with Gasteiger partial charge < -0.3 is 4.42 Å². The monoisotopic (exact) mass is 257 g/mol. The molecule has 0 aliphatic carbocycles. The van der Waals surface area contributed by atoms with Gasteiger partial charge in [-0.1, -0.05) is 6.08 Å². The summed E-state index contributed by atoms with van der Waals surface area (Å²) >= 11 is 0. The Morgan fingerprint density at radius 1 is 1.21 bits per heavy atom. The average molecular weight is 257 g/mol. The topological polar surface area (TPSA) is 73.3 Å². The van der Waals surface area contributed by atoms with Crippen LogP contribution in [0, 0.1) is 17.0 Å².